The normalized spacial score (nSPS) is 26.7. The second-order valence-electron chi connectivity index (χ2n) is 15.3. The molecule has 1 amide bonds. The highest BCUT2D eigenvalue weighted by Crippen LogP contribution is 2.53. The van der Waals surface area contributed by atoms with Crippen molar-refractivity contribution >= 4 is 11.9 Å². The number of carbonyl (C=O) groups excluding carboxylic acids is 1. The van der Waals surface area contributed by atoms with Gasteiger partial charge in [-0.15, -0.1) is 0 Å². The van der Waals surface area contributed by atoms with Crippen LogP contribution < -0.4 is 5.32 Å². The molecule has 3 aromatic carbocycles. The molecular formula is C40H50N2O6. The summed E-state index contributed by atoms with van der Waals surface area (Å²) in [6, 6.07) is 25.0. The average molecular weight is 655 g/mol. The zero-order valence-corrected chi connectivity index (χ0v) is 28.5. The molecule has 1 saturated carbocycles. The molecule has 3 aliphatic rings. The van der Waals surface area contributed by atoms with Crippen molar-refractivity contribution in [3.63, 3.8) is 0 Å². The first-order chi connectivity index (χ1) is 23.0. The molecule has 0 spiro atoms. The van der Waals surface area contributed by atoms with Crippen molar-refractivity contribution in [1.82, 2.24) is 10.2 Å². The van der Waals surface area contributed by atoms with Gasteiger partial charge in [-0.05, 0) is 76.5 Å². The topological polar surface area (TPSA) is 108 Å². The summed E-state index contributed by atoms with van der Waals surface area (Å²) in [4.78, 5) is 25.7. The van der Waals surface area contributed by atoms with Crippen LogP contribution in [0.5, 0.6) is 0 Å². The largest absolute Gasteiger partial charge is 0.481 e. The van der Waals surface area contributed by atoms with E-state index in [4.69, 9.17) is 14.6 Å². The SMILES string of the molecule is CC1(C)CC2CC(C)(CN2C[C@H]2C[C@@H](c3ccc(CO)cc3)O[C@@H](c3cccc(-c4cccc(CNC(=O)CCCC(=O)O)c4)c3)O2)C1. The second kappa shape index (κ2) is 14.5. The van der Waals surface area contributed by atoms with Gasteiger partial charge in [-0.1, -0.05) is 81.4 Å². The highest BCUT2D eigenvalue weighted by Gasteiger charge is 2.50. The first kappa shape index (κ1) is 34.3. The first-order valence-corrected chi connectivity index (χ1v) is 17.4. The van der Waals surface area contributed by atoms with E-state index in [1.54, 1.807) is 0 Å². The summed E-state index contributed by atoms with van der Waals surface area (Å²) < 4.78 is 13.5. The van der Waals surface area contributed by atoms with Crippen LogP contribution >= 0.6 is 0 Å². The van der Waals surface area contributed by atoms with Crippen LogP contribution in [-0.4, -0.2) is 52.2 Å². The molecule has 2 heterocycles. The Labute approximate surface area is 284 Å². The van der Waals surface area contributed by atoms with Crippen LogP contribution in [0.1, 0.15) is 100 Å². The number of fused-ring (bicyclic) bond motifs is 2. The number of nitrogens with one attached hydrogen (secondary N) is 1. The Morgan fingerprint density at radius 1 is 0.896 bits per heavy atom. The predicted octanol–water partition coefficient (Wildman–Crippen LogP) is 7.16. The van der Waals surface area contributed by atoms with Gasteiger partial charge >= 0.3 is 5.97 Å². The van der Waals surface area contributed by atoms with Gasteiger partial charge in [0.05, 0.1) is 18.8 Å². The lowest BCUT2D eigenvalue weighted by atomic mass is 9.65. The summed E-state index contributed by atoms with van der Waals surface area (Å²) in [5.41, 5.74) is 6.66. The van der Waals surface area contributed by atoms with Crippen molar-refractivity contribution in [2.45, 2.75) is 103 Å². The summed E-state index contributed by atoms with van der Waals surface area (Å²) in [5, 5.41) is 21.3. The Bertz CT molecular complexity index is 1590. The van der Waals surface area contributed by atoms with E-state index in [0.717, 1.165) is 52.9 Å². The van der Waals surface area contributed by atoms with Crippen LogP contribution in [0.3, 0.4) is 0 Å². The number of hydrogen-bond acceptors (Lipinski definition) is 6. The number of aliphatic carboxylic acids is 1. The van der Waals surface area contributed by atoms with E-state index >= 15 is 0 Å². The average Bonchev–Trinajstić information content (AvgIpc) is 3.30. The zero-order valence-electron chi connectivity index (χ0n) is 28.5. The fraction of sp³-hybridized carbons (Fsp3) is 0.500. The van der Waals surface area contributed by atoms with E-state index in [9.17, 15) is 14.7 Å². The molecule has 3 fully saturated rings. The number of amides is 1. The lowest BCUT2D eigenvalue weighted by Gasteiger charge is -2.41. The minimum absolute atomic E-state index is 0.00317. The summed E-state index contributed by atoms with van der Waals surface area (Å²) in [6.07, 6.45) is 4.34. The van der Waals surface area contributed by atoms with E-state index in [1.807, 2.05) is 30.3 Å². The Morgan fingerprint density at radius 3 is 2.40 bits per heavy atom. The molecule has 0 aromatic heterocycles. The van der Waals surface area contributed by atoms with Gasteiger partial charge in [-0.25, -0.2) is 0 Å². The second-order valence-corrected chi connectivity index (χ2v) is 15.3. The minimum Gasteiger partial charge on any atom is -0.481 e. The molecule has 0 radical (unpaired) electrons. The van der Waals surface area contributed by atoms with E-state index < -0.39 is 12.3 Å². The number of aliphatic hydroxyl groups is 1. The molecule has 48 heavy (non-hydrogen) atoms. The van der Waals surface area contributed by atoms with Crippen molar-refractivity contribution in [2.24, 2.45) is 10.8 Å². The van der Waals surface area contributed by atoms with Crippen molar-refractivity contribution < 1.29 is 29.3 Å². The number of carboxylic acids is 1. The lowest BCUT2D eigenvalue weighted by molar-refractivity contribution is -0.253. The third-order valence-corrected chi connectivity index (χ3v) is 10.3. The number of likely N-dealkylation sites (tertiary alicyclic amines) is 1. The number of rotatable bonds is 12. The van der Waals surface area contributed by atoms with Crippen molar-refractivity contribution in [3.8, 4) is 11.1 Å². The van der Waals surface area contributed by atoms with Gasteiger partial charge in [-0.3, -0.25) is 14.5 Å². The summed E-state index contributed by atoms with van der Waals surface area (Å²) >= 11 is 0. The third-order valence-electron chi connectivity index (χ3n) is 10.3. The van der Waals surface area contributed by atoms with Crippen LogP contribution in [0, 0.1) is 10.8 Å². The highest BCUT2D eigenvalue weighted by atomic mass is 16.7. The molecule has 3 N–H and O–H groups in total. The van der Waals surface area contributed by atoms with Crippen LogP contribution in [0.2, 0.25) is 0 Å². The number of carboxylic acid groups (broad SMARTS) is 1. The Hall–Kier alpha value is -3.56. The number of ether oxygens (including phenoxy) is 2. The molecule has 8 heteroatoms. The molecule has 8 nitrogen and oxygen atoms in total. The van der Waals surface area contributed by atoms with Crippen LogP contribution in [-0.2, 0) is 32.2 Å². The van der Waals surface area contributed by atoms with Crippen molar-refractivity contribution in [3.05, 3.63) is 95.1 Å². The van der Waals surface area contributed by atoms with E-state index in [2.05, 4.69) is 73.5 Å². The maximum atomic E-state index is 12.2. The van der Waals surface area contributed by atoms with Crippen LogP contribution in [0.25, 0.3) is 11.1 Å². The molecule has 2 bridgehead atoms. The zero-order chi connectivity index (χ0) is 33.9. The summed E-state index contributed by atoms with van der Waals surface area (Å²) in [7, 11) is 0. The van der Waals surface area contributed by atoms with E-state index in [-0.39, 0.29) is 37.6 Å². The smallest absolute Gasteiger partial charge is 0.303 e. The van der Waals surface area contributed by atoms with Gasteiger partial charge in [0, 0.05) is 50.5 Å². The van der Waals surface area contributed by atoms with Gasteiger partial charge in [0.15, 0.2) is 6.29 Å². The predicted molar refractivity (Wildman–Crippen MR) is 185 cm³/mol. The Balaban J connectivity index is 1.19. The summed E-state index contributed by atoms with van der Waals surface area (Å²) in [6.45, 7) is 9.66. The van der Waals surface area contributed by atoms with Crippen molar-refractivity contribution in [1.29, 1.82) is 0 Å². The van der Waals surface area contributed by atoms with Crippen molar-refractivity contribution in [2.75, 3.05) is 13.1 Å². The maximum absolute atomic E-state index is 12.2. The summed E-state index contributed by atoms with van der Waals surface area (Å²) in [5.74, 6) is -1.04. The van der Waals surface area contributed by atoms with Gasteiger partial charge in [0.1, 0.15) is 0 Å². The number of carbonyl (C=O) groups is 2. The third kappa shape index (κ3) is 8.53. The fourth-order valence-electron chi connectivity index (χ4n) is 8.50. The molecule has 2 unspecified atom stereocenters. The molecule has 1 aliphatic carbocycles. The van der Waals surface area contributed by atoms with E-state index in [0.29, 0.717) is 29.8 Å². The van der Waals surface area contributed by atoms with Crippen LogP contribution in [0.15, 0.2) is 72.8 Å². The fourth-order valence-corrected chi connectivity index (χ4v) is 8.50. The van der Waals surface area contributed by atoms with Gasteiger partial charge in [0.25, 0.3) is 0 Å². The van der Waals surface area contributed by atoms with Gasteiger partial charge in [-0.2, -0.15) is 0 Å². The Morgan fingerprint density at radius 2 is 1.65 bits per heavy atom. The lowest BCUT2D eigenvalue weighted by Crippen LogP contribution is -2.42. The monoisotopic (exact) mass is 654 g/mol. The molecule has 6 rings (SSSR count). The molecule has 2 aliphatic heterocycles. The van der Waals surface area contributed by atoms with Crippen LogP contribution in [0.4, 0.5) is 0 Å². The first-order valence-electron chi connectivity index (χ1n) is 17.4. The van der Waals surface area contributed by atoms with E-state index in [1.165, 1.54) is 19.3 Å². The number of hydrogen-bond donors (Lipinski definition) is 3. The standard InChI is InChI=1S/C40H50N2O6/c1-39(2)20-33-21-40(3,25-39)26-42(33)23-34-19-35(29-15-13-27(24-43)14-16-29)48-38(47-34)32-10-5-9-31(18-32)30-8-4-7-28(17-30)22-41-36(44)11-6-12-37(45)46/h4-5,7-10,13-18,33-35,38,43H,6,11-12,19-26H2,1-3H3,(H,41,44)(H,45,46)/t33?,34-,35+,38+,40?/m1/s1. The Kier molecular flexibility index (Phi) is 10.4. The maximum Gasteiger partial charge on any atom is 0.303 e. The molecular weight excluding hydrogens is 604 g/mol. The number of nitrogens with zero attached hydrogens (tertiary/aromatic N) is 1. The molecule has 5 atom stereocenters. The van der Waals surface area contributed by atoms with Gasteiger partial charge < -0.3 is 25.0 Å². The highest BCUT2D eigenvalue weighted by molar-refractivity contribution is 5.76. The molecule has 3 aromatic rings. The molecule has 256 valence electrons. The molecule has 2 saturated heterocycles. The number of benzene rings is 3. The quantitative estimate of drug-likeness (QED) is 0.190. The minimum atomic E-state index is -0.892. The number of aliphatic hydroxyl groups excluding tert-OH is 1. The van der Waals surface area contributed by atoms with Gasteiger partial charge in [0.2, 0.25) is 5.91 Å².